The second-order valence-electron chi connectivity index (χ2n) is 4.22. The Balaban J connectivity index is 1.93. The predicted molar refractivity (Wildman–Crippen MR) is 75.5 cm³/mol. The van der Waals surface area contributed by atoms with Crippen LogP contribution in [0.1, 0.15) is 19.8 Å². The zero-order chi connectivity index (χ0) is 13.5. The summed E-state index contributed by atoms with van der Waals surface area (Å²) in [4.78, 5) is 11.6. The van der Waals surface area contributed by atoms with E-state index < -0.39 is 0 Å². The average molecular weight is 258 g/mol. The largest absolute Gasteiger partial charge is 0.338 e. The van der Waals surface area contributed by atoms with Crippen molar-refractivity contribution in [1.29, 1.82) is 0 Å². The summed E-state index contributed by atoms with van der Waals surface area (Å²) in [5.41, 5.74) is 0.960. The smallest absolute Gasteiger partial charge is 0.320 e. The first kappa shape index (κ1) is 13.1. The molecule has 0 aliphatic rings. The molecule has 0 aliphatic carbocycles. The van der Waals surface area contributed by atoms with Gasteiger partial charge in [-0.25, -0.2) is 9.48 Å². The number of aromatic nitrogens is 2. The Bertz CT molecular complexity index is 521. The van der Waals surface area contributed by atoms with Crippen LogP contribution in [0.25, 0.3) is 5.69 Å². The Kier molecular flexibility index (Phi) is 4.55. The molecule has 2 N–H and O–H groups in total. The second kappa shape index (κ2) is 6.58. The highest BCUT2D eigenvalue weighted by atomic mass is 16.2. The van der Waals surface area contributed by atoms with E-state index in [0.717, 1.165) is 18.5 Å². The molecule has 0 atom stereocenters. The molecule has 0 saturated carbocycles. The molecule has 2 amide bonds. The number of nitrogens with one attached hydrogen (secondary N) is 2. The zero-order valence-electron chi connectivity index (χ0n) is 11.0. The minimum absolute atomic E-state index is 0.216. The van der Waals surface area contributed by atoms with Crippen LogP contribution in [0.5, 0.6) is 0 Å². The minimum atomic E-state index is -0.216. The van der Waals surface area contributed by atoms with Gasteiger partial charge in [-0.1, -0.05) is 31.5 Å². The van der Waals surface area contributed by atoms with Crippen LogP contribution < -0.4 is 10.6 Å². The third-order valence-electron chi connectivity index (χ3n) is 2.67. The van der Waals surface area contributed by atoms with Crippen molar-refractivity contribution in [2.75, 3.05) is 11.9 Å². The minimum Gasteiger partial charge on any atom is -0.338 e. The lowest BCUT2D eigenvalue weighted by Crippen LogP contribution is -2.29. The van der Waals surface area contributed by atoms with Crippen LogP contribution in [0.4, 0.5) is 10.6 Å². The molecule has 1 heterocycles. The number of anilines is 1. The molecule has 1 aromatic carbocycles. The summed E-state index contributed by atoms with van der Waals surface area (Å²) in [5.74, 6) is 0.540. The summed E-state index contributed by atoms with van der Waals surface area (Å²) < 4.78 is 1.72. The van der Waals surface area contributed by atoms with E-state index in [9.17, 15) is 4.79 Å². The fourth-order valence-electron chi connectivity index (χ4n) is 1.65. The number of para-hydroxylation sites is 1. The first-order valence-electron chi connectivity index (χ1n) is 6.45. The molecule has 2 rings (SSSR count). The number of hydrogen-bond acceptors (Lipinski definition) is 2. The van der Waals surface area contributed by atoms with Crippen molar-refractivity contribution in [3.05, 3.63) is 42.6 Å². The van der Waals surface area contributed by atoms with Gasteiger partial charge in [0.25, 0.3) is 0 Å². The van der Waals surface area contributed by atoms with Gasteiger partial charge in [0.05, 0.1) is 5.69 Å². The van der Waals surface area contributed by atoms with Crippen molar-refractivity contribution in [1.82, 2.24) is 15.1 Å². The SMILES string of the molecule is CCCCNC(=O)Nc1ccn(-c2ccccc2)n1. The van der Waals surface area contributed by atoms with Crippen molar-refractivity contribution < 1.29 is 4.79 Å². The molecule has 0 spiro atoms. The first-order chi connectivity index (χ1) is 9.29. The van der Waals surface area contributed by atoms with E-state index in [1.807, 2.05) is 36.5 Å². The van der Waals surface area contributed by atoms with Crippen molar-refractivity contribution in [3.8, 4) is 5.69 Å². The molecule has 19 heavy (non-hydrogen) atoms. The molecule has 0 saturated heterocycles. The van der Waals surface area contributed by atoms with Gasteiger partial charge in [0.15, 0.2) is 5.82 Å². The van der Waals surface area contributed by atoms with Gasteiger partial charge in [0.2, 0.25) is 0 Å². The Morgan fingerprint density at radius 2 is 2.05 bits per heavy atom. The number of urea groups is 1. The quantitative estimate of drug-likeness (QED) is 0.810. The van der Waals surface area contributed by atoms with E-state index >= 15 is 0 Å². The van der Waals surface area contributed by atoms with E-state index in [1.54, 1.807) is 10.7 Å². The van der Waals surface area contributed by atoms with E-state index in [-0.39, 0.29) is 6.03 Å². The monoisotopic (exact) mass is 258 g/mol. The molecule has 0 unspecified atom stereocenters. The van der Waals surface area contributed by atoms with Crippen LogP contribution in [-0.2, 0) is 0 Å². The maximum absolute atomic E-state index is 11.6. The molecule has 5 heteroatoms. The van der Waals surface area contributed by atoms with Crippen molar-refractivity contribution in [2.24, 2.45) is 0 Å². The number of carbonyl (C=O) groups excluding carboxylic acids is 1. The summed E-state index contributed by atoms with van der Waals surface area (Å²) >= 11 is 0. The maximum atomic E-state index is 11.6. The highest BCUT2D eigenvalue weighted by molar-refractivity contribution is 5.88. The molecular weight excluding hydrogens is 240 g/mol. The molecule has 2 aromatic rings. The lowest BCUT2D eigenvalue weighted by Gasteiger charge is -2.04. The number of nitrogens with zero attached hydrogens (tertiary/aromatic N) is 2. The summed E-state index contributed by atoms with van der Waals surface area (Å²) in [7, 11) is 0. The summed E-state index contributed by atoms with van der Waals surface area (Å²) in [6.07, 6.45) is 3.85. The van der Waals surface area contributed by atoms with Crippen molar-refractivity contribution >= 4 is 11.8 Å². The maximum Gasteiger partial charge on any atom is 0.320 e. The second-order valence-corrected chi connectivity index (χ2v) is 4.22. The number of benzene rings is 1. The lowest BCUT2D eigenvalue weighted by atomic mass is 10.3. The Labute approximate surface area is 112 Å². The van der Waals surface area contributed by atoms with E-state index in [0.29, 0.717) is 12.4 Å². The summed E-state index contributed by atoms with van der Waals surface area (Å²) in [5, 5.41) is 9.78. The fraction of sp³-hybridized carbons (Fsp3) is 0.286. The third-order valence-corrected chi connectivity index (χ3v) is 2.67. The molecule has 0 fully saturated rings. The van der Waals surface area contributed by atoms with Crippen LogP contribution in [0.15, 0.2) is 42.6 Å². The van der Waals surface area contributed by atoms with E-state index in [2.05, 4.69) is 22.7 Å². The first-order valence-corrected chi connectivity index (χ1v) is 6.45. The average Bonchev–Trinajstić information content (AvgIpc) is 2.88. The molecule has 0 aliphatic heterocycles. The Hall–Kier alpha value is -2.30. The van der Waals surface area contributed by atoms with Gasteiger partial charge in [-0.15, -0.1) is 5.10 Å². The third kappa shape index (κ3) is 3.84. The van der Waals surface area contributed by atoms with Gasteiger partial charge in [-0.05, 0) is 18.6 Å². The number of hydrogen-bond donors (Lipinski definition) is 2. The standard InChI is InChI=1S/C14H18N4O/c1-2-3-10-15-14(19)16-13-9-11-18(17-13)12-7-5-4-6-8-12/h4-9,11H,2-3,10H2,1H3,(H2,15,16,17,19). The fourth-order valence-corrected chi connectivity index (χ4v) is 1.65. The number of carbonyl (C=O) groups is 1. The topological polar surface area (TPSA) is 59.0 Å². The Morgan fingerprint density at radius 1 is 1.26 bits per heavy atom. The Morgan fingerprint density at radius 3 is 2.79 bits per heavy atom. The lowest BCUT2D eigenvalue weighted by molar-refractivity contribution is 0.252. The predicted octanol–water partition coefficient (Wildman–Crippen LogP) is 2.79. The van der Waals surface area contributed by atoms with Gasteiger partial charge in [-0.2, -0.15) is 0 Å². The molecule has 100 valence electrons. The van der Waals surface area contributed by atoms with E-state index in [1.165, 1.54) is 0 Å². The molecule has 1 aromatic heterocycles. The van der Waals surface area contributed by atoms with Crippen LogP contribution in [0.3, 0.4) is 0 Å². The van der Waals surface area contributed by atoms with E-state index in [4.69, 9.17) is 0 Å². The van der Waals surface area contributed by atoms with Crippen molar-refractivity contribution in [3.63, 3.8) is 0 Å². The van der Waals surface area contributed by atoms with Crippen LogP contribution >= 0.6 is 0 Å². The van der Waals surface area contributed by atoms with Crippen LogP contribution in [0, 0.1) is 0 Å². The van der Waals surface area contributed by atoms with Gasteiger partial charge in [-0.3, -0.25) is 5.32 Å². The number of rotatable bonds is 5. The normalized spacial score (nSPS) is 10.2. The number of amides is 2. The zero-order valence-corrected chi connectivity index (χ0v) is 11.0. The molecular formula is C14H18N4O. The highest BCUT2D eigenvalue weighted by Crippen LogP contribution is 2.09. The molecule has 0 bridgehead atoms. The van der Waals surface area contributed by atoms with Crippen molar-refractivity contribution in [2.45, 2.75) is 19.8 Å². The van der Waals surface area contributed by atoms with Crippen LogP contribution in [-0.4, -0.2) is 22.4 Å². The molecule has 0 radical (unpaired) electrons. The van der Waals surface area contributed by atoms with Gasteiger partial charge < -0.3 is 5.32 Å². The van der Waals surface area contributed by atoms with Crippen LogP contribution in [0.2, 0.25) is 0 Å². The van der Waals surface area contributed by atoms with Gasteiger partial charge in [0.1, 0.15) is 0 Å². The summed E-state index contributed by atoms with van der Waals surface area (Å²) in [6.45, 7) is 2.77. The summed E-state index contributed by atoms with van der Waals surface area (Å²) in [6, 6.07) is 11.3. The molecule has 5 nitrogen and oxygen atoms in total. The van der Waals surface area contributed by atoms with Gasteiger partial charge in [0, 0.05) is 18.8 Å². The highest BCUT2D eigenvalue weighted by Gasteiger charge is 2.04. The number of unbranched alkanes of at least 4 members (excludes halogenated alkanes) is 1. The van der Waals surface area contributed by atoms with Gasteiger partial charge >= 0.3 is 6.03 Å².